The summed E-state index contributed by atoms with van der Waals surface area (Å²) < 4.78 is 0. The van der Waals surface area contributed by atoms with Crippen LogP contribution in [0.5, 0.6) is 0 Å². The first-order valence-electron chi connectivity index (χ1n) is 10.1. The second-order valence-corrected chi connectivity index (χ2v) is 7.81. The van der Waals surface area contributed by atoms with Crippen molar-refractivity contribution < 1.29 is 9.59 Å². The number of fused-ring (bicyclic) bond motifs is 1. The molecule has 2 fully saturated rings. The zero-order valence-corrected chi connectivity index (χ0v) is 16.1. The first-order valence-corrected chi connectivity index (χ1v) is 10.1. The van der Waals surface area contributed by atoms with Crippen molar-refractivity contribution in [3.8, 4) is 0 Å². The SMILES string of the molecule is O=C(C1CCCN1C(=O)c1ccccc1)N1CCC(c2nc3ccncc3[nH]2)C1. The minimum atomic E-state index is -0.360. The molecule has 2 atom stereocenters. The van der Waals surface area contributed by atoms with Crippen LogP contribution in [-0.2, 0) is 4.79 Å². The third kappa shape index (κ3) is 3.26. The summed E-state index contributed by atoms with van der Waals surface area (Å²) in [6.07, 6.45) is 5.97. The minimum absolute atomic E-state index is 0.0537. The summed E-state index contributed by atoms with van der Waals surface area (Å²) in [5, 5.41) is 0. The first-order chi connectivity index (χ1) is 14.2. The van der Waals surface area contributed by atoms with E-state index >= 15 is 0 Å². The number of hydrogen-bond acceptors (Lipinski definition) is 4. The summed E-state index contributed by atoms with van der Waals surface area (Å²) in [4.78, 5) is 41.9. The van der Waals surface area contributed by atoms with E-state index in [0.717, 1.165) is 36.1 Å². The Morgan fingerprint density at radius 1 is 1.07 bits per heavy atom. The van der Waals surface area contributed by atoms with E-state index in [9.17, 15) is 9.59 Å². The van der Waals surface area contributed by atoms with E-state index in [1.165, 1.54) is 0 Å². The third-order valence-electron chi connectivity index (χ3n) is 6.01. The lowest BCUT2D eigenvalue weighted by atomic mass is 10.1. The molecule has 1 N–H and O–H groups in total. The number of carbonyl (C=O) groups is 2. The zero-order chi connectivity index (χ0) is 19.8. The van der Waals surface area contributed by atoms with E-state index in [2.05, 4.69) is 15.0 Å². The van der Waals surface area contributed by atoms with Crippen molar-refractivity contribution in [3.05, 3.63) is 60.2 Å². The van der Waals surface area contributed by atoms with Crippen LogP contribution in [0, 0.1) is 0 Å². The number of hydrogen-bond donors (Lipinski definition) is 1. The van der Waals surface area contributed by atoms with Crippen LogP contribution in [-0.4, -0.2) is 62.2 Å². The molecule has 0 saturated carbocycles. The highest BCUT2D eigenvalue weighted by molar-refractivity contribution is 5.98. The Kier molecular flexibility index (Phi) is 4.50. The molecule has 2 saturated heterocycles. The van der Waals surface area contributed by atoms with Gasteiger partial charge in [-0.2, -0.15) is 0 Å². The summed E-state index contributed by atoms with van der Waals surface area (Å²) in [5.74, 6) is 1.10. The van der Waals surface area contributed by atoms with Gasteiger partial charge in [0.05, 0.1) is 17.2 Å². The van der Waals surface area contributed by atoms with Crippen LogP contribution >= 0.6 is 0 Å². The van der Waals surface area contributed by atoms with Gasteiger partial charge >= 0.3 is 0 Å². The lowest BCUT2D eigenvalue weighted by molar-refractivity contribution is -0.134. The number of nitrogens with zero attached hydrogens (tertiary/aromatic N) is 4. The predicted molar refractivity (Wildman–Crippen MR) is 108 cm³/mol. The Morgan fingerprint density at radius 2 is 1.93 bits per heavy atom. The van der Waals surface area contributed by atoms with Gasteiger partial charge in [0.15, 0.2) is 0 Å². The maximum Gasteiger partial charge on any atom is 0.254 e. The topological polar surface area (TPSA) is 82.2 Å². The van der Waals surface area contributed by atoms with E-state index in [0.29, 0.717) is 25.2 Å². The second-order valence-electron chi connectivity index (χ2n) is 7.81. The molecule has 2 aliphatic rings. The van der Waals surface area contributed by atoms with Crippen LogP contribution in [0.15, 0.2) is 48.8 Å². The average Bonchev–Trinajstić information content (AvgIpc) is 3.52. The maximum absolute atomic E-state index is 13.2. The normalized spacial score (nSPS) is 21.8. The number of imidazole rings is 1. The second kappa shape index (κ2) is 7.31. The van der Waals surface area contributed by atoms with Crippen LogP contribution in [0.3, 0.4) is 0 Å². The number of rotatable bonds is 3. The van der Waals surface area contributed by atoms with Crippen LogP contribution in [0.1, 0.15) is 41.4 Å². The average molecular weight is 389 g/mol. The molecule has 2 aromatic heterocycles. The van der Waals surface area contributed by atoms with Gasteiger partial charge in [0.2, 0.25) is 5.91 Å². The summed E-state index contributed by atoms with van der Waals surface area (Å²) in [5.41, 5.74) is 2.46. The molecule has 4 heterocycles. The molecule has 0 bridgehead atoms. The predicted octanol–water partition coefficient (Wildman–Crippen LogP) is 2.58. The molecule has 148 valence electrons. The van der Waals surface area contributed by atoms with Gasteiger partial charge < -0.3 is 14.8 Å². The molecule has 7 heteroatoms. The van der Waals surface area contributed by atoms with Gasteiger partial charge in [-0.3, -0.25) is 14.6 Å². The fourth-order valence-electron chi connectivity index (χ4n) is 4.48. The van der Waals surface area contributed by atoms with Gasteiger partial charge in [0, 0.05) is 37.3 Å². The molecule has 2 aliphatic heterocycles. The molecule has 2 amide bonds. The highest BCUT2D eigenvalue weighted by atomic mass is 16.2. The van der Waals surface area contributed by atoms with E-state index in [4.69, 9.17) is 0 Å². The lowest BCUT2D eigenvalue weighted by Crippen LogP contribution is -2.47. The molecule has 3 aromatic rings. The minimum Gasteiger partial charge on any atom is -0.340 e. The van der Waals surface area contributed by atoms with Crippen LogP contribution in [0.2, 0.25) is 0 Å². The molecule has 1 aromatic carbocycles. The number of likely N-dealkylation sites (tertiary alicyclic amines) is 2. The number of pyridine rings is 1. The molecular formula is C22H23N5O2. The van der Waals surface area contributed by atoms with Crippen molar-refractivity contribution in [3.63, 3.8) is 0 Å². The number of aromatic amines is 1. The standard InChI is InChI=1S/C22H23N5O2/c28-21(15-5-2-1-3-6-15)27-11-4-7-19(27)22(29)26-12-9-16(14-26)20-24-17-8-10-23-13-18(17)25-20/h1-3,5-6,8,10,13,16,19H,4,7,9,11-12,14H2,(H,24,25). The highest BCUT2D eigenvalue weighted by Crippen LogP contribution is 2.29. The van der Waals surface area contributed by atoms with Crippen LogP contribution < -0.4 is 0 Å². The Bertz CT molecular complexity index is 1010. The van der Waals surface area contributed by atoms with E-state index in [1.54, 1.807) is 17.3 Å². The Morgan fingerprint density at radius 3 is 2.76 bits per heavy atom. The molecule has 0 radical (unpaired) electrons. The summed E-state index contributed by atoms with van der Waals surface area (Å²) in [7, 11) is 0. The number of carbonyl (C=O) groups excluding carboxylic acids is 2. The fourth-order valence-corrected chi connectivity index (χ4v) is 4.48. The van der Waals surface area contributed by atoms with Gasteiger partial charge in [-0.25, -0.2) is 4.98 Å². The lowest BCUT2D eigenvalue weighted by Gasteiger charge is -2.28. The van der Waals surface area contributed by atoms with Crippen molar-refractivity contribution in [2.75, 3.05) is 19.6 Å². The van der Waals surface area contributed by atoms with Crippen molar-refractivity contribution >= 4 is 22.8 Å². The van der Waals surface area contributed by atoms with E-state index in [1.807, 2.05) is 41.3 Å². The summed E-state index contributed by atoms with van der Waals surface area (Å²) in [6, 6.07) is 10.7. The van der Waals surface area contributed by atoms with Gasteiger partial charge in [0.25, 0.3) is 5.91 Å². The van der Waals surface area contributed by atoms with E-state index in [-0.39, 0.29) is 23.8 Å². The van der Waals surface area contributed by atoms with E-state index < -0.39 is 0 Å². The van der Waals surface area contributed by atoms with Crippen molar-refractivity contribution in [2.45, 2.75) is 31.2 Å². The maximum atomic E-state index is 13.2. The Balaban J connectivity index is 1.29. The van der Waals surface area contributed by atoms with Gasteiger partial charge in [-0.05, 0) is 37.5 Å². The van der Waals surface area contributed by atoms with Crippen molar-refractivity contribution in [1.29, 1.82) is 0 Å². The molecule has 0 spiro atoms. The zero-order valence-electron chi connectivity index (χ0n) is 16.1. The molecule has 0 aliphatic carbocycles. The van der Waals surface area contributed by atoms with Crippen molar-refractivity contribution in [1.82, 2.24) is 24.8 Å². The Labute approximate surface area is 168 Å². The number of aromatic nitrogens is 3. The van der Waals surface area contributed by atoms with Crippen LogP contribution in [0.25, 0.3) is 11.0 Å². The van der Waals surface area contributed by atoms with Crippen molar-refractivity contribution in [2.24, 2.45) is 0 Å². The Hall–Kier alpha value is -3.22. The summed E-state index contributed by atoms with van der Waals surface area (Å²) >= 11 is 0. The van der Waals surface area contributed by atoms with Gasteiger partial charge in [-0.15, -0.1) is 0 Å². The van der Waals surface area contributed by atoms with Gasteiger partial charge in [0.1, 0.15) is 11.9 Å². The van der Waals surface area contributed by atoms with Gasteiger partial charge in [-0.1, -0.05) is 18.2 Å². The number of nitrogens with one attached hydrogen (secondary N) is 1. The number of benzene rings is 1. The fraction of sp³-hybridized carbons (Fsp3) is 0.364. The summed E-state index contributed by atoms with van der Waals surface area (Å²) in [6.45, 7) is 1.97. The molecular weight excluding hydrogens is 366 g/mol. The highest BCUT2D eigenvalue weighted by Gasteiger charge is 2.39. The number of amides is 2. The molecule has 2 unspecified atom stereocenters. The monoisotopic (exact) mass is 389 g/mol. The smallest absolute Gasteiger partial charge is 0.254 e. The number of H-pyrrole nitrogens is 1. The largest absolute Gasteiger partial charge is 0.340 e. The molecule has 5 rings (SSSR count). The first kappa shape index (κ1) is 17.8. The third-order valence-corrected chi connectivity index (χ3v) is 6.01. The molecule has 29 heavy (non-hydrogen) atoms. The quantitative estimate of drug-likeness (QED) is 0.746. The molecule has 7 nitrogen and oxygen atoms in total. The van der Waals surface area contributed by atoms with Crippen LogP contribution in [0.4, 0.5) is 0 Å².